The van der Waals surface area contributed by atoms with Gasteiger partial charge in [-0.25, -0.2) is 0 Å². The second-order valence-corrected chi connectivity index (χ2v) is 4.30. The van der Waals surface area contributed by atoms with Crippen molar-refractivity contribution in [3.05, 3.63) is 59.7 Å². The first-order chi connectivity index (χ1) is 9.24. The fourth-order valence-electron chi connectivity index (χ4n) is 1.96. The Morgan fingerprint density at radius 3 is 2.63 bits per heavy atom. The lowest BCUT2D eigenvalue weighted by atomic mass is 10.1. The maximum absolute atomic E-state index is 12.2. The van der Waals surface area contributed by atoms with Crippen LogP contribution in [0.4, 0.5) is 11.4 Å². The highest BCUT2D eigenvalue weighted by molar-refractivity contribution is 6.05. The summed E-state index contributed by atoms with van der Waals surface area (Å²) in [6.07, 6.45) is 0.896. The maximum Gasteiger partial charge on any atom is 0.255 e. The van der Waals surface area contributed by atoms with E-state index in [9.17, 15) is 4.79 Å². The third kappa shape index (κ3) is 3.13. The maximum atomic E-state index is 12.2. The number of carbonyl (C=O) groups is 1. The molecule has 0 aliphatic rings. The minimum atomic E-state index is -0.0852. The Bertz CT molecular complexity index is 578. The van der Waals surface area contributed by atoms with Gasteiger partial charge in [-0.2, -0.15) is 0 Å². The van der Waals surface area contributed by atoms with Crippen LogP contribution >= 0.6 is 0 Å². The van der Waals surface area contributed by atoms with E-state index in [2.05, 4.69) is 17.6 Å². The van der Waals surface area contributed by atoms with Crippen LogP contribution in [-0.4, -0.2) is 13.0 Å². The van der Waals surface area contributed by atoms with Gasteiger partial charge in [0.25, 0.3) is 5.91 Å². The van der Waals surface area contributed by atoms with Crippen molar-refractivity contribution in [3.8, 4) is 0 Å². The van der Waals surface area contributed by atoms with E-state index < -0.39 is 0 Å². The molecule has 1 amide bonds. The predicted octanol–water partition coefficient (Wildman–Crippen LogP) is 3.54. The number of benzene rings is 2. The minimum absolute atomic E-state index is 0.0852. The third-order valence-electron chi connectivity index (χ3n) is 3.06. The number of anilines is 2. The molecule has 0 radical (unpaired) electrons. The highest BCUT2D eigenvalue weighted by Gasteiger charge is 2.08. The van der Waals surface area contributed by atoms with Gasteiger partial charge in [-0.15, -0.1) is 0 Å². The van der Waals surface area contributed by atoms with E-state index in [0.717, 1.165) is 23.4 Å². The molecule has 2 aromatic rings. The Hall–Kier alpha value is -2.29. The minimum Gasteiger partial charge on any atom is -0.388 e. The summed E-state index contributed by atoms with van der Waals surface area (Å²) >= 11 is 0. The van der Waals surface area contributed by atoms with Gasteiger partial charge in [0.15, 0.2) is 0 Å². The topological polar surface area (TPSA) is 41.1 Å². The Balaban J connectivity index is 2.20. The van der Waals surface area contributed by atoms with Crippen LogP contribution < -0.4 is 10.6 Å². The first-order valence-corrected chi connectivity index (χ1v) is 6.41. The average Bonchev–Trinajstić information content (AvgIpc) is 2.47. The van der Waals surface area contributed by atoms with Gasteiger partial charge in [-0.1, -0.05) is 31.2 Å². The smallest absolute Gasteiger partial charge is 0.255 e. The standard InChI is InChI=1S/C16H18N2O/c1-3-12-7-4-5-10-15(12)18-16(19)13-8-6-9-14(11-13)17-2/h4-11,17H,3H2,1-2H3,(H,18,19). The Labute approximate surface area is 113 Å². The molecule has 2 aromatic carbocycles. The van der Waals surface area contributed by atoms with Crippen molar-refractivity contribution >= 4 is 17.3 Å². The van der Waals surface area contributed by atoms with Crippen LogP contribution in [0.25, 0.3) is 0 Å². The van der Waals surface area contributed by atoms with E-state index in [1.54, 1.807) is 0 Å². The van der Waals surface area contributed by atoms with Gasteiger partial charge < -0.3 is 10.6 Å². The molecule has 0 aliphatic carbocycles. The molecule has 0 saturated heterocycles. The normalized spacial score (nSPS) is 10.0. The average molecular weight is 254 g/mol. The van der Waals surface area contributed by atoms with Gasteiger partial charge >= 0.3 is 0 Å². The quantitative estimate of drug-likeness (QED) is 0.876. The molecule has 2 rings (SSSR count). The van der Waals surface area contributed by atoms with Crippen molar-refractivity contribution in [1.82, 2.24) is 0 Å². The lowest BCUT2D eigenvalue weighted by molar-refractivity contribution is 0.102. The number of nitrogens with one attached hydrogen (secondary N) is 2. The number of para-hydroxylation sites is 1. The van der Waals surface area contributed by atoms with Crippen LogP contribution in [0, 0.1) is 0 Å². The highest BCUT2D eigenvalue weighted by atomic mass is 16.1. The largest absolute Gasteiger partial charge is 0.388 e. The molecule has 98 valence electrons. The van der Waals surface area contributed by atoms with Crippen LogP contribution in [0.2, 0.25) is 0 Å². The Kier molecular flexibility index (Phi) is 4.18. The van der Waals surface area contributed by atoms with E-state index in [1.165, 1.54) is 0 Å². The zero-order valence-electron chi connectivity index (χ0n) is 11.2. The molecule has 19 heavy (non-hydrogen) atoms. The van der Waals surface area contributed by atoms with Gasteiger partial charge in [0, 0.05) is 24.0 Å². The summed E-state index contributed by atoms with van der Waals surface area (Å²) in [6.45, 7) is 2.08. The molecule has 0 aromatic heterocycles. The second-order valence-electron chi connectivity index (χ2n) is 4.30. The molecule has 2 N–H and O–H groups in total. The molecule has 0 unspecified atom stereocenters. The van der Waals surface area contributed by atoms with Crippen LogP contribution in [0.15, 0.2) is 48.5 Å². The predicted molar refractivity (Wildman–Crippen MR) is 79.8 cm³/mol. The highest BCUT2D eigenvalue weighted by Crippen LogP contribution is 2.17. The number of rotatable bonds is 4. The SMILES string of the molecule is CCc1ccccc1NC(=O)c1cccc(NC)c1. The van der Waals surface area contributed by atoms with Gasteiger partial charge in [0.2, 0.25) is 0 Å². The van der Waals surface area contributed by atoms with Crippen molar-refractivity contribution in [3.63, 3.8) is 0 Å². The molecule has 0 spiro atoms. The molecule has 0 heterocycles. The number of hydrogen-bond donors (Lipinski definition) is 2. The zero-order chi connectivity index (χ0) is 13.7. The van der Waals surface area contributed by atoms with Crippen LogP contribution in [-0.2, 0) is 6.42 Å². The van der Waals surface area contributed by atoms with Crippen molar-refractivity contribution < 1.29 is 4.79 Å². The zero-order valence-corrected chi connectivity index (χ0v) is 11.2. The summed E-state index contributed by atoms with van der Waals surface area (Å²) in [6, 6.07) is 15.3. The summed E-state index contributed by atoms with van der Waals surface area (Å²) in [4.78, 5) is 12.2. The van der Waals surface area contributed by atoms with Gasteiger partial charge in [0.05, 0.1) is 0 Å². The summed E-state index contributed by atoms with van der Waals surface area (Å²) in [5.41, 5.74) is 3.60. The van der Waals surface area contributed by atoms with Crippen molar-refractivity contribution in [2.24, 2.45) is 0 Å². The molecule has 0 saturated carbocycles. The fraction of sp³-hybridized carbons (Fsp3) is 0.188. The van der Waals surface area contributed by atoms with E-state index in [4.69, 9.17) is 0 Å². The third-order valence-corrected chi connectivity index (χ3v) is 3.06. The van der Waals surface area contributed by atoms with Crippen LogP contribution in [0.3, 0.4) is 0 Å². The summed E-state index contributed by atoms with van der Waals surface area (Å²) in [5.74, 6) is -0.0852. The molecule has 0 aliphatic heterocycles. The van der Waals surface area contributed by atoms with E-state index in [-0.39, 0.29) is 5.91 Å². The lowest BCUT2D eigenvalue weighted by Crippen LogP contribution is -2.13. The fourth-order valence-corrected chi connectivity index (χ4v) is 1.96. The monoisotopic (exact) mass is 254 g/mol. The van der Waals surface area contributed by atoms with E-state index in [0.29, 0.717) is 5.56 Å². The molecule has 3 heteroatoms. The summed E-state index contributed by atoms with van der Waals surface area (Å²) in [7, 11) is 1.84. The molecule has 0 bridgehead atoms. The first kappa shape index (κ1) is 13.1. The Morgan fingerprint density at radius 2 is 1.89 bits per heavy atom. The van der Waals surface area contributed by atoms with Crippen molar-refractivity contribution in [1.29, 1.82) is 0 Å². The molecule has 3 nitrogen and oxygen atoms in total. The second kappa shape index (κ2) is 6.05. The Morgan fingerprint density at radius 1 is 1.11 bits per heavy atom. The van der Waals surface area contributed by atoms with Crippen molar-refractivity contribution in [2.45, 2.75) is 13.3 Å². The molecular weight excluding hydrogens is 236 g/mol. The molecule has 0 fully saturated rings. The van der Waals surface area contributed by atoms with Gasteiger partial charge in [0.1, 0.15) is 0 Å². The number of hydrogen-bond acceptors (Lipinski definition) is 2. The summed E-state index contributed by atoms with van der Waals surface area (Å²) in [5, 5.41) is 5.99. The van der Waals surface area contributed by atoms with E-state index in [1.807, 2.05) is 55.6 Å². The van der Waals surface area contributed by atoms with Crippen molar-refractivity contribution in [2.75, 3.05) is 17.7 Å². The number of aryl methyl sites for hydroxylation is 1. The summed E-state index contributed by atoms with van der Waals surface area (Å²) < 4.78 is 0. The first-order valence-electron chi connectivity index (χ1n) is 6.41. The number of amides is 1. The van der Waals surface area contributed by atoms with Crippen LogP contribution in [0.5, 0.6) is 0 Å². The lowest BCUT2D eigenvalue weighted by Gasteiger charge is -2.10. The number of carbonyl (C=O) groups excluding carboxylic acids is 1. The van der Waals surface area contributed by atoms with Gasteiger partial charge in [-0.3, -0.25) is 4.79 Å². The van der Waals surface area contributed by atoms with Gasteiger partial charge in [-0.05, 0) is 36.2 Å². The van der Waals surface area contributed by atoms with E-state index >= 15 is 0 Å². The van der Waals surface area contributed by atoms with Crippen LogP contribution in [0.1, 0.15) is 22.8 Å². The molecule has 0 atom stereocenters. The molecular formula is C16H18N2O.